The molecule has 7 nitrogen and oxygen atoms in total. The van der Waals surface area contributed by atoms with Crippen molar-refractivity contribution in [3.63, 3.8) is 0 Å². The van der Waals surface area contributed by atoms with Crippen LogP contribution in [0.3, 0.4) is 0 Å². The van der Waals surface area contributed by atoms with Crippen molar-refractivity contribution in [2.24, 2.45) is 11.8 Å². The minimum absolute atomic E-state index is 0. The Morgan fingerprint density at radius 1 is 1.25 bits per heavy atom. The van der Waals surface area contributed by atoms with Gasteiger partial charge in [-0.1, -0.05) is 12.1 Å². The molecule has 1 amide bonds. The number of ether oxygens (including phenoxy) is 1. The van der Waals surface area contributed by atoms with Gasteiger partial charge >= 0.3 is 0 Å². The van der Waals surface area contributed by atoms with Crippen molar-refractivity contribution in [3.8, 4) is 5.75 Å². The highest BCUT2D eigenvalue weighted by molar-refractivity contribution is 5.94. The molecule has 3 atom stereocenters. The van der Waals surface area contributed by atoms with Crippen LogP contribution in [0.1, 0.15) is 22.1 Å². The minimum atomic E-state index is -0.0317. The number of halogens is 1. The van der Waals surface area contributed by atoms with E-state index in [1.807, 2.05) is 23.2 Å². The number of methoxy groups -OCH3 is 1. The van der Waals surface area contributed by atoms with Crippen LogP contribution < -0.4 is 10.1 Å². The van der Waals surface area contributed by atoms with Crippen LogP contribution >= 0.6 is 12.4 Å². The van der Waals surface area contributed by atoms with E-state index in [1.54, 1.807) is 30.0 Å². The molecule has 146 valence electrons. The lowest BCUT2D eigenvalue weighted by Gasteiger charge is -2.28. The van der Waals surface area contributed by atoms with Crippen molar-refractivity contribution in [1.29, 1.82) is 0 Å². The molecule has 28 heavy (non-hydrogen) atoms. The molecule has 0 unspecified atom stereocenters. The van der Waals surface area contributed by atoms with Gasteiger partial charge in [-0.25, -0.2) is 9.50 Å². The van der Waals surface area contributed by atoms with Crippen LogP contribution in [0, 0.1) is 11.8 Å². The summed E-state index contributed by atoms with van der Waals surface area (Å²) in [4.78, 5) is 19.6. The third kappa shape index (κ3) is 3.00. The van der Waals surface area contributed by atoms with Crippen molar-refractivity contribution < 1.29 is 9.53 Å². The Bertz CT molecular complexity index is 957. The molecule has 4 heterocycles. The van der Waals surface area contributed by atoms with Gasteiger partial charge in [0.05, 0.1) is 13.2 Å². The largest absolute Gasteiger partial charge is 0.497 e. The van der Waals surface area contributed by atoms with E-state index in [0.717, 1.165) is 30.9 Å². The number of carbonyl (C=O) groups is 1. The van der Waals surface area contributed by atoms with Gasteiger partial charge < -0.3 is 15.0 Å². The number of hydrogen-bond donors (Lipinski definition) is 1. The molecule has 1 aromatic carbocycles. The zero-order chi connectivity index (χ0) is 18.4. The fraction of sp³-hybridized carbons (Fsp3) is 0.350. The molecule has 0 radical (unpaired) electrons. The van der Waals surface area contributed by atoms with Crippen LogP contribution in [0.5, 0.6) is 5.75 Å². The molecule has 0 spiro atoms. The van der Waals surface area contributed by atoms with E-state index in [0.29, 0.717) is 23.2 Å². The van der Waals surface area contributed by atoms with E-state index in [4.69, 9.17) is 4.74 Å². The summed E-state index contributed by atoms with van der Waals surface area (Å²) < 4.78 is 6.93. The lowest BCUT2D eigenvalue weighted by Crippen LogP contribution is -2.35. The molecular formula is C20H22ClN5O2. The number of hydrogen-bond acceptors (Lipinski definition) is 5. The van der Waals surface area contributed by atoms with Crippen LogP contribution in [0.15, 0.2) is 48.8 Å². The number of amides is 1. The summed E-state index contributed by atoms with van der Waals surface area (Å²) in [7, 11) is 1.66. The summed E-state index contributed by atoms with van der Waals surface area (Å²) in [6, 6.07) is 11.7. The number of likely N-dealkylation sites (tertiary alicyclic amines) is 1. The Balaban J connectivity index is 0.00000192. The molecule has 8 heteroatoms. The summed E-state index contributed by atoms with van der Waals surface area (Å²) in [5.41, 5.74) is 2.27. The first kappa shape index (κ1) is 18.7. The van der Waals surface area contributed by atoms with Gasteiger partial charge in [-0.15, -0.1) is 12.4 Å². The van der Waals surface area contributed by atoms with Crippen molar-refractivity contribution in [2.75, 3.05) is 26.7 Å². The predicted octanol–water partition coefficient (Wildman–Crippen LogP) is 2.19. The van der Waals surface area contributed by atoms with Gasteiger partial charge in [0.15, 0.2) is 11.3 Å². The maximum Gasteiger partial charge on any atom is 0.274 e. The number of fused-ring (bicyclic) bond motifs is 2. The normalized spacial score (nSPS) is 23.5. The Hall–Kier alpha value is -2.64. The highest BCUT2D eigenvalue weighted by Crippen LogP contribution is 2.43. The summed E-state index contributed by atoms with van der Waals surface area (Å²) in [6.45, 7) is 2.63. The molecule has 2 aliphatic rings. The van der Waals surface area contributed by atoms with Crippen molar-refractivity contribution >= 4 is 24.0 Å². The molecule has 0 bridgehead atoms. The number of benzene rings is 1. The van der Waals surface area contributed by atoms with Gasteiger partial charge in [0, 0.05) is 44.0 Å². The van der Waals surface area contributed by atoms with Crippen LogP contribution in [-0.2, 0) is 0 Å². The number of nitrogens with zero attached hydrogens (tertiary/aromatic N) is 4. The Labute approximate surface area is 169 Å². The zero-order valence-electron chi connectivity index (χ0n) is 15.5. The van der Waals surface area contributed by atoms with Crippen LogP contribution in [-0.4, -0.2) is 52.1 Å². The van der Waals surface area contributed by atoms with E-state index in [2.05, 4.69) is 27.5 Å². The molecule has 3 aromatic rings. The fourth-order valence-corrected chi connectivity index (χ4v) is 4.44. The maximum absolute atomic E-state index is 13.3. The molecule has 2 fully saturated rings. The molecule has 0 saturated carbocycles. The van der Waals surface area contributed by atoms with Crippen molar-refractivity contribution in [2.45, 2.75) is 6.04 Å². The summed E-state index contributed by atoms with van der Waals surface area (Å²) in [5, 5.41) is 7.91. The van der Waals surface area contributed by atoms with E-state index in [-0.39, 0.29) is 24.4 Å². The van der Waals surface area contributed by atoms with Gasteiger partial charge in [-0.2, -0.15) is 5.10 Å². The average Bonchev–Trinajstić information content (AvgIpc) is 3.41. The number of aromatic nitrogens is 3. The first-order chi connectivity index (χ1) is 13.2. The number of carbonyl (C=O) groups excluding carboxylic acids is 1. The molecule has 0 aliphatic carbocycles. The van der Waals surface area contributed by atoms with Gasteiger partial charge in [0.2, 0.25) is 0 Å². The second-order valence-corrected chi connectivity index (χ2v) is 7.21. The third-order valence-electron chi connectivity index (χ3n) is 5.74. The zero-order valence-corrected chi connectivity index (χ0v) is 16.3. The lowest BCUT2D eigenvalue weighted by atomic mass is 9.89. The minimum Gasteiger partial charge on any atom is -0.497 e. The van der Waals surface area contributed by atoms with E-state index in [9.17, 15) is 4.79 Å². The Morgan fingerprint density at radius 3 is 2.82 bits per heavy atom. The van der Waals surface area contributed by atoms with Gasteiger partial charge in [-0.05, 0) is 29.7 Å². The summed E-state index contributed by atoms with van der Waals surface area (Å²) in [5.74, 6) is 1.67. The number of nitrogens with one attached hydrogen (secondary N) is 1. The Kier molecular flexibility index (Phi) is 4.95. The van der Waals surface area contributed by atoms with Crippen LogP contribution in [0.25, 0.3) is 5.65 Å². The molecule has 1 N–H and O–H groups in total. The monoisotopic (exact) mass is 399 g/mol. The average molecular weight is 400 g/mol. The predicted molar refractivity (Wildman–Crippen MR) is 107 cm³/mol. The second kappa shape index (κ2) is 7.41. The molecule has 2 saturated heterocycles. The fourth-order valence-electron chi connectivity index (χ4n) is 4.44. The molecule has 2 aliphatic heterocycles. The highest BCUT2D eigenvalue weighted by atomic mass is 35.5. The van der Waals surface area contributed by atoms with Gasteiger partial charge in [-0.3, -0.25) is 4.79 Å². The molecule has 5 rings (SSSR count). The van der Waals surface area contributed by atoms with Crippen molar-refractivity contribution in [1.82, 2.24) is 24.8 Å². The summed E-state index contributed by atoms with van der Waals surface area (Å²) in [6.07, 6.45) is 3.51. The van der Waals surface area contributed by atoms with Crippen LogP contribution in [0.2, 0.25) is 0 Å². The van der Waals surface area contributed by atoms with Gasteiger partial charge in [0.25, 0.3) is 5.91 Å². The number of rotatable bonds is 3. The SMILES string of the molecule is COc1ccc([C@H]2[C@H]3CNC[C@H]3CN2C(=O)c2cc3ncccn3n2)cc1.Cl. The van der Waals surface area contributed by atoms with Crippen LogP contribution in [0.4, 0.5) is 0 Å². The standard InChI is InChI=1S/C20H21N5O2.ClH/c1-27-15-5-3-13(4-6-15)19-16-11-21-10-14(16)12-24(19)20(26)17-9-18-22-7-2-8-25(18)23-17;/h2-9,14,16,19,21H,10-12H2,1H3;1H/t14-,16-,19-;/m0./s1. The molecule has 2 aromatic heterocycles. The summed E-state index contributed by atoms with van der Waals surface area (Å²) >= 11 is 0. The van der Waals surface area contributed by atoms with Crippen molar-refractivity contribution in [3.05, 3.63) is 60.0 Å². The van der Waals surface area contributed by atoms with E-state index < -0.39 is 0 Å². The molecular weight excluding hydrogens is 378 g/mol. The Morgan fingerprint density at radius 2 is 2.07 bits per heavy atom. The smallest absolute Gasteiger partial charge is 0.274 e. The lowest BCUT2D eigenvalue weighted by molar-refractivity contribution is 0.0707. The van der Waals surface area contributed by atoms with Gasteiger partial charge in [0.1, 0.15) is 5.75 Å². The second-order valence-electron chi connectivity index (χ2n) is 7.21. The van der Waals surface area contributed by atoms with E-state index >= 15 is 0 Å². The third-order valence-corrected chi connectivity index (χ3v) is 5.74. The quantitative estimate of drug-likeness (QED) is 0.731. The highest BCUT2D eigenvalue weighted by Gasteiger charge is 2.47. The topological polar surface area (TPSA) is 71.8 Å². The maximum atomic E-state index is 13.3. The first-order valence-electron chi connectivity index (χ1n) is 9.20. The van der Waals surface area contributed by atoms with E-state index in [1.165, 1.54) is 0 Å². The first-order valence-corrected chi connectivity index (χ1v) is 9.20.